The maximum absolute atomic E-state index is 5.79. The number of nitrogens with zero attached hydrogens (tertiary/aromatic N) is 2. The third-order valence-electron chi connectivity index (χ3n) is 2.36. The van der Waals surface area contributed by atoms with Crippen molar-refractivity contribution < 1.29 is 4.74 Å². The fourth-order valence-electron chi connectivity index (χ4n) is 1.39. The van der Waals surface area contributed by atoms with Crippen LogP contribution in [0.2, 0.25) is 0 Å². The van der Waals surface area contributed by atoms with Gasteiger partial charge in [0, 0.05) is 18.1 Å². The van der Waals surface area contributed by atoms with E-state index in [-0.39, 0.29) is 11.6 Å². The first kappa shape index (κ1) is 14.0. The molecule has 4 heteroatoms. The molecule has 0 bridgehead atoms. The summed E-state index contributed by atoms with van der Waals surface area (Å²) < 4.78 is 7.70. The summed E-state index contributed by atoms with van der Waals surface area (Å²) in [5, 5.41) is 7.67. The van der Waals surface area contributed by atoms with Crippen LogP contribution in [0.1, 0.15) is 47.6 Å². The second kappa shape index (κ2) is 5.54. The van der Waals surface area contributed by atoms with Crippen molar-refractivity contribution >= 4 is 0 Å². The van der Waals surface area contributed by atoms with Crippen molar-refractivity contribution in [1.82, 2.24) is 15.1 Å². The van der Waals surface area contributed by atoms with E-state index in [4.69, 9.17) is 4.74 Å². The topological polar surface area (TPSA) is 39.1 Å². The van der Waals surface area contributed by atoms with Gasteiger partial charge in [0.25, 0.3) is 0 Å². The van der Waals surface area contributed by atoms with Crippen molar-refractivity contribution in [1.29, 1.82) is 0 Å². The molecule has 1 aromatic rings. The van der Waals surface area contributed by atoms with Gasteiger partial charge in [-0.2, -0.15) is 5.10 Å². The summed E-state index contributed by atoms with van der Waals surface area (Å²) in [6.45, 7) is 13.5. The maximum Gasteiger partial charge on any atom is 0.157 e. The molecule has 0 radical (unpaired) electrons. The lowest BCUT2D eigenvalue weighted by atomic mass is 10.1. The second-order valence-corrected chi connectivity index (χ2v) is 5.81. The molecular formula is C13H25N3O. The van der Waals surface area contributed by atoms with E-state index >= 15 is 0 Å². The Morgan fingerprint density at radius 1 is 1.35 bits per heavy atom. The monoisotopic (exact) mass is 239 g/mol. The van der Waals surface area contributed by atoms with Crippen molar-refractivity contribution in [2.75, 3.05) is 6.54 Å². The molecule has 0 aliphatic carbocycles. The van der Waals surface area contributed by atoms with Gasteiger partial charge in [-0.05, 0) is 41.5 Å². The van der Waals surface area contributed by atoms with E-state index in [1.54, 1.807) is 6.20 Å². The van der Waals surface area contributed by atoms with E-state index in [0.29, 0.717) is 6.04 Å². The summed E-state index contributed by atoms with van der Waals surface area (Å²) in [5.74, 6) is 0.835. The highest BCUT2D eigenvalue weighted by atomic mass is 16.5. The van der Waals surface area contributed by atoms with Gasteiger partial charge in [0.05, 0.1) is 12.4 Å². The number of rotatable bonds is 5. The Balaban J connectivity index is 2.42. The molecule has 1 heterocycles. The summed E-state index contributed by atoms with van der Waals surface area (Å²) in [5.41, 5.74) is 0.125. The zero-order chi connectivity index (χ0) is 13.1. The average Bonchev–Trinajstić information content (AvgIpc) is 2.62. The van der Waals surface area contributed by atoms with Crippen LogP contribution in [-0.4, -0.2) is 28.0 Å². The van der Waals surface area contributed by atoms with Crippen LogP contribution in [0.15, 0.2) is 12.4 Å². The van der Waals surface area contributed by atoms with Crippen molar-refractivity contribution in [2.45, 2.75) is 59.2 Å². The zero-order valence-electron chi connectivity index (χ0n) is 11.8. The Hall–Kier alpha value is -1.03. The molecule has 1 unspecified atom stereocenters. The molecule has 98 valence electrons. The number of nitrogens with one attached hydrogen (secondary N) is 1. The van der Waals surface area contributed by atoms with Gasteiger partial charge in [0.1, 0.15) is 6.10 Å². The lowest BCUT2D eigenvalue weighted by molar-refractivity contribution is 0.203. The van der Waals surface area contributed by atoms with Gasteiger partial charge in [0.15, 0.2) is 5.75 Å². The SMILES string of the molecule is CC(CNC(C)(C)C)Oc1cnn(C(C)C)c1. The van der Waals surface area contributed by atoms with Crippen LogP contribution in [0, 0.1) is 0 Å². The lowest BCUT2D eigenvalue weighted by Crippen LogP contribution is -2.41. The summed E-state index contributed by atoms with van der Waals surface area (Å²) in [7, 11) is 0. The van der Waals surface area contributed by atoms with E-state index in [2.05, 4.69) is 52.0 Å². The molecule has 0 aromatic carbocycles. The number of aromatic nitrogens is 2. The molecule has 1 rings (SSSR count). The van der Waals surface area contributed by atoms with Crippen LogP contribution < -0.4 is 10.1 Å². The first-order chi connectivity index (χ1) is 7.78. The van der Waals surface area contributed by atoms with E-state index in [1.165, 1.54) is 0 Å². The van der Waals surface area contributed by atoms with Crippen LogP contribution >= 0.6 is 0 Å². The molecule has 0 saturated carbocycles. The van der Waals surface area contributed by atoms with Gasteiger partial charge >= 0.3 is 0 Å². The van der Waals surface area contributed by atoms with Gasteiger partial charge in [-0.25, -0.2) is 0 Å². The van der Waals surface area contributed by atoms with Gasteiger partial charge in [-0.15, -0.1) is 0 Å². The molecule has 0 aliphatic heterocycles. The molecule has 17 heavy (non-hydrogen) atoms. The molecule has 1 atom stereocenters. The standard InChI is InChI=1S/C13H25N3O/c1-10(2)16-9-12(8-15-16)17-11(3)7-14-13(4,5)6/h8-11,14H,7H2,1-6H3. The predicted molar refractivity (Wildman–Crippen MR) is 70.5 cm³/mol. The molecule has 0 saturated heterocycles. The van der Waals surface area contributed by atoms with Crippen molar-refractivity contribution in [3.05, 3.63) is 12.4 Å². The van der Waals surface area contributed by atoms with Crippen LogP contribution in [0.3, 0.4) is 0 Å². The largest absolute Gasteiger partial charge is 0.486 e. The third kappa shape index (κ3) is 5.22. The zero-order valence-corrected chi connectivity index (χ0v) is 11.8. The first-order valence-electron chi connectivity index (χ1n) is 6.24. The van der Waals surface area contributed by atoms with Gasteiger partial charge in [-0.3, -0.25) is 4.68 Å². The van der Waals surface area contributed by atoms with Crippen molar-refractivity contribution in [2.24, 2.45) is 0 Å². The quantitative estimate of drug-likeness (QED) is 0.858. The Bertz CT molecular complexity index is 339. The Morgan fingerprint density at radius 3 is 2.47 bits per heavy atom. The highest BCUT2D eigenvalue weighted by molar-refractivity contribution is 5.12. The second-order valence-electron chi connectivity index (χ2n) is 5.81. The highest BCUT2D eigenvalue weighted by Gasteiger charge is 2.12. The normalized spacial score (nSPS) is 14.1. The minimum atomic E-state index is 0.125. The van der Waals surface area contributed by atoms with Crippen molar-refractivity contribution in [3.63, 3.8) is 0 Å². The number of ether oxygens (including phenoxy) is 1. The first-order valence-corrected chi connectivity index (χ1v) is 6.24. The van der Waals surface area contributed by atoms with Crippen molar-refractivity contribution in [3.8, 4) is 5.75 Å². The molecule has 0 spiro atoms. The third-order valence-corrected chi connectivity index (χ3v) is 2.36. The van der Waals surface area contributed by atoms with E-state index in [0.717, 1.165) is 12.3 Å². The van der Waals surface area contributed by atoms with Crippen LogP contribution in [-0.2, 0) is 0 Å². The maximum atomic E-state index is 5.79. The summed E-state index contributed by atoms with van der Waals surface area (Å²) >= 11 is 0. The highest BCUT2D eigenvalue weighted by Crippen LogP contribution is 2.14. The van der Waals surface area contributed by atoms with Crippen LogP contribution in [0.5, 0.6) is 5.75 Å². The van der Waals surface area contributed by atoms with E-state index < -0.39 is 0 Å². The van der Waals surface area contributed by atoms with Crippen LogP contribution in [0.25, 0.3) is 0 Å². The lowest BCUT2D eigenvalue weighted by Gasteiger charge is -2.23. The summed E-state index contributed by atoms with van der Waals surface area (Å²) in [6, 6.07) is 0.371. The number of hydrogen-bond donors (Lipinski definition) is 1. The fourth-order valence-corrected chi connectivity index (χ4v) is 1.39. The average molecular weight is 239 g/mol. The van der Waals surface area contributed by atoms with Gasteiger partial charge < -0.3 is 10.1 Å². The molecule has 0 amide bonds. The van der Waals surface area contributed by atoms with Gasteiger partial charge in [-0.1, -0.05) is 0 Å². The van der Waals surface area contributed by atoms with Crippen LogP contribution in [0.4, 0.5) is 0 Å². The molecule has 4 nitrogen and oxygen atoms in total. The minimum Gasteiger partial charge on any atom is -0.486 e. The summed E-state index contributed by atoms with van der Waals surface area (Å²) in [6.07, 6.45) is 3.85. The molecule has 0 fully saturated rings. The Morgan fingerprint density at radius 2 is 2.00 bits per heavy atom. The molecule has 0 aliphatic rings. The Labute approximate surface area is 104 Å². The van der Waals surface area contributed by atoms with E-state index in [9.17, 15) is 0 Å². The predicted octanol–water partition coefficient (Wildman–Crippen LogP) is 2.62. The Kier molecular flexibility index (Phi) is 4.57. The summed E-state index contributed by atoms with van der Waals surface area (Å²) in [4.78, 5) is 0. The fraction of sp³-hybridized carbons (Fsp3) is 0.769. The molecule has 1 N–H and O–H groups in total. The smallest absolute Gasteiger partial charge is 0.157 e. The molecular weight excluding hydrogens is 214 g/mol. The number of hydrogen-bond acceptors (Lipinski definition) is 3. The molecule has 1 aromatic heterocycles. The van der Waals surface area contributed by atoms with E-state index in [1.807, 2.05) is 10.9 Å². The van der Waals surface area contributed by atoms with Gasteiger partial charge in [0.2, 0.25) is 0 Å². The minimum absolute atomic E-state index is 0.125.